The molecule has 3 rings (SSSR count). The van der Waals surface area contributed by atoms with Gasteiger partial charge in [0, 0.05) is 25.8 Å². The molecule has 1 aromatic carbocycles. The molecule has 1 aliphatic carbocycles. The standard InChI is InChI=1S/C15H22N2/c1-17-8-7-14-9-13(5-6-15(14)17)11-16-10-12-3-2-4-12/h5-6,9,12,16H,2-4,7-8,10-11H2,1H3. The lowest BCUT2D eigenvalue weighted by molar-refractivity contribution is 0.301. The lowest BCUT2D eigenvalue weighted by atomic mass is 9.85. The second-order valence-corrected chi connectivity index (χ2v) is 5.56. The third-order valence-corrected chi connectivity index (χ3v) is 4.26. The Labute approximate surface area is 104 Å². The molecular formula is C15H22N2. The number of nitrogens with zero attached hydrogens (tertiary/aromatic N) is 1. The Morgan fingerprint density at radius 3 is 3.00 bits per heavy atom. The molecule has 1 N–H and O–H groups in total. The smallest absolute Gasteiger partial charge is 0.0397 e. The molecule has 17 heavy (non-hydrogen) atoms. The zero-order chi connectivity index (χ0) is 11.7. The van der Waals surface area contributed by atoms with Crippen molar-refractivity contribution in [2.75, 3.05) is 25.0 Å². The molecule has 1 aromatic rings. The Kier molecular flexibility index (Phi) is 3.06. The van der Waals surface area contributed by atoms with Crippen LogP contribution in [-0.2, 0) is 13.0 Å². The van der Waals surface area contributed by atoms with Gasteiger partial charge in [0.2, 0.25) is 0 Å². The summed E-state index contributed by atoms with van der Waals surface area (Å²) in [5, 5.41) is 3.59. The highest BCUT2D eigenvalue weighted by molar-refractivity contribution is 5.58. The Morgan fingerprint density at radius 1 is 1.35 bits per heavy atom. The minimum Gasteiger partial charge on any atom is -0.374 e. The molecule has 0 saturated heterocycles. The normalized spacial score (nSPS) is 19.2. The molecule has 2 aliphatic rings. The highest BCUT2D eigenvalue weighted by atomic mass is 15.1. The first kappa shape index (κ1) is 11.1. The van der Waals surface area contributed by atoms with Crippen LogP contribution in [0, 0.1) is 5.92 Å². The number of likely N-dealkylation sites (N-methyl/N-ethyl adjacent to an activating group) is 1. The first-order chi connectivity index (χ1) is 8.33. The molecular weight excluding hydrogens is 208 g/mol. The molecule has 1 fully saturated rings. The number of nitrogens with one attached hydrogen (secondary N) is 1. The van der Waals surface area contributed by atoms with E-state index in [2.05, 4.69) is 35.5 Å². The van der Waals surface area contributed by atoms with Gasteiger partial charge in [-0.05, 0) is 48.9 Å². The van der Waals surface area contributed by atoms with E-state index in [4.69, 9.17) is 0 Å². The molecule has 2 nitrogen and oxygen atoms in total. The van der Waals surface area contributed by atoms with Gasteiger partial charge < -0.3 is 10.2 Å². The summed E-state index contributed by atoms with van der Waals surface area (Å²) in [5.74, 6) is 0.954. The van der Waals surface area contributed by atoms with Crippen LogP contribution >= 0.6 is 0 Å². The van der Waals surface area contributed by atoms with Gasteiger partial charge in [0.25, 0.3) is 0 Å². The third kappa shape index (κ3) is 2.32. The number of fused-ring (bicyclic) bond motifs is 1. The van der Waals surface area contributed by atoms with E-state index in [1.165, 1.54) is 55.6 Å². The van der Waals surface area contributed by atoms with E-state index in [1.54, 1.807) is 0 Å². The predicted octanol–water partition coefficient (Wildman–Crippen LogP) is 2.57. The van der Waals surface area contributed by atoms with E-state index in [0.717, 1.165) is 12.5 Å². The monoisotopic (exact) mass is 230 g/mol. The molecule has 0 unspecified atom stereocenters. The maximum atomic E-state index is 3.59. The average molecular weight is 230 g/mol. The van der Waals surface area contributed by atoms with Crippen LogP contribution in [0.1, 0.15) is 30.4 Å². The minimum absolute atomic E-state index is 0.954. The maximum Gasteiger partial charge on any atom is 0.0397 e. The summed E-state index contributed by atoms with van der Waals surface area (Å²) in [4.78, 5) is 2.35. The van der Waals surface area contributed by atoms with Crippen molar-refractivity contribution in [3.63, 3.8) is 0 Å². The zero-order valence-corrected chi connectivity index (χ0v) is 10.7. The number of hydrogen-bond acceptors (Lipinski definition) is 2. The van der Waals surface area contributed by atoms with Crippen molar-refractivity contribution in [1.82, 2.24) is 5.32 Å². The summed E-state index contributed by atoms with van der Waals surface area (Å²) in [6, 6.07) is 6.93. The van der Waals surface area contributed by atoms with Crippen molar-refractivity contribution in [3.05, 3.63) is 29.3 Å². The number of anilines is 1. The van der Waals surface area contributed by atoms with Gasteiger partial charge in [-0.3, -0.25) is 0 Å². The molecule has 1 saturated carbocycles. The summed E-state index contributed by atoms with van der Waals surface area (Å²) < 4.78 is 0. The van der Waals surface area contributed by atoms with Crippen LogP contribution in [-0.4, -0.2) is 20.1 Å². The highest BCUT2D eigenvalue weighted by Crippen LogP contribution is 2.28. The number of hydrogen-bond donors (Lipinski definition) is 1. The van der Waals surface area contributed by atoms with Gasteiger partial charge in [-0.2, -0.15) is 0 Å². The van der Waals surface area contributed by atoms with E-state index in [9.17, 15) is 0 Å². The van der Waals surface area contributed by atoms with Crippen LogP contribution in [0.5, 0.6) is 0 Å². The summed E-state index contributed by atoms with van der Waals surface area (Å²) in [7, 11) is 2.18. The van der Waals surface area contributed by atoms with Gasteiger partial charge in [0.05, 0.1) is 0 Å². The van der Waals surface area contributed by atoms with Crippen LogP contribution in [0.15, 0.2) is 18.2 Å². The third-order valence-electron chi connectivity index (χ3n) is 4.26. The van der Waals surface area contributed by atoms with E-state index in [0.29, 0.717) is 0 Å². The first-order valence-electron chi connectivity index (χ1n) is 6.86. The van der Waals surface area contributed by atoms with Crippen LogP contribution in [0.4, 0.5) is 5.69 Å². The van der Waals surface area contributed by atoms with Gasteiger partial charge in [-0.15, -0.1) is 0 Å². The highest BCUT2D eigenvalue weighted by Gasteiger charge is 2.17. The van der Waals surface area contributed by atoms with E-state index < -0.39 is 0 Å². The van der Waals surface area contributed by atoms with Crippen LogP contribution in [0.2, 0.25) is 0 Å². The molecule has 1 heterocycles. The summed E-state index contributed by atoms with van der Waals surface area (Å²) in [6.07, 6.45) is 5.52. The quantitative estimate of drug-likeness (QED) is 0.855. The molecule has 0 spiro atoms. The molecule has 92 valence electrons. The zero-order valence-electron chi connectivity index (χ0n) is 10.7. The van der Waals surface area contributed by atoms with Gasteiger partial charge in [0.15, 0.2) is 0 Å². The topological polar surface area (TPSA) is 15.3 Å². The van der Waals surface area contributed by atoms with E-state index >= 15 is 0 Å². The van der Waals surface area contributed by atoms with Crippen molar-refractivity contribution < 1.29 is 0 Å². The molecule has 0 radical (unpaired) electrons. The molecule has 0 bridgehead atoms. The fraction of sp³-hybridized carbons (Fsp3) is 0.600. The summed E-state index contributed by atoms with van der Waals surface area (Å²) in [6.45, 7) is 3.42. The number of rotatable bonds is 4. The fourth-order valence-electron chi connectivity index (χ4n) is 2.85. The van der Waals surface area contributed by atoms with Crippen molar-refractivity contribution in [2.45, 2.75) is 32.2 Å². The Morgan fingerprint density at radius 2 is 2.24 bits per heavy atom. The minimum atomic E-state index is 0.954. The lowest BCUT2D eigenvalue weighted by Gasteiger charge is -2.25. The van der Waals surface area contributed by atoms with Gasteiger partial charge in [0.1, 0.15) is 0 Å². The van der Waals surface area contributed by atoms with Gasteiger partial charge in [-0.25, -0.2) is 0 Å². The molecule has 0 atom stereocenters. The molecule has 0 aromatic heterocycles. The largest absolute Gasteiger partial charge is 0.374 e. The molecule has 1 aliphatic heterocycles. The number of benzene rings is 1. The van der Waals surface area contributed by atoms with Crippen LogP contribution in [0.3, 0.4) is 0 Å². The first-order valence-corrected chi connectivity index (χ1v) is 6.86. The van der Waals surface area contributed by atoms with Gasteiger partial charge in [-0.1, -0.05) is 18.6 Å². The SMILES string of the molecule is CN1CCc2cc(CNCC3CCC3)ccc21. The molecule has 0 amide bonds. The second kappa shape index (κ2) is 4.69. The maximum absolute atomic E-state index is 3.59. The summed E-state index contributed by atoms with van der Waals surface area (Å²) in [5.41, 5.74) is 4.39. The second-order valence-electron chi connectivity index (χ2n) is 5.56. The predicted molar refractivity (Wildman–Crippen MR) is 72.5 cm³/mol. The van der Waals surface area contributed by atoms with Crippen molar-refractivity contribution >= 4 is 5.69 Å². The van der Waals surface area contributed by atoms with Crippen LogP contribution < -0.4 is 10.2 Å². The fourth-order valence-corrected chi connectivity index (χ4v) is 2.85. The van der Waals surface area contributed by atoms with Crippen molar-refractivity contribution in [1.29, 1.82) is 0 Å². The molecule has 2 heteroatoms. The summed E-state index contributed by atoms with van der Waals surface area (Å²) >= 11 is 0. The van der Waals surface area contributed by atoms with E-state index in [1.807, 2.05) is 0 Å². The Bertz CT molecular complexity index is 396. The van der Waals surface area contributed by atoms with E-state index in [-0.39, 0.29) is 0 Å². The van der Waals surface area contributed by atoms with Crippen LogP contribution in [0.25, 0.3) is 0 Å². The Hall–Kier alpha value is -1.02. The lowest BCUT2D eigenvalue weighted by Crippen LogP contribution is -2.26. The average Bonchev–Trinajstić information content (AvgIpc) is 2.64. The van der Waals surface area contributed by atoms with Crippen molar-refractivity contribution in [3.8, 4) is 0 Å². The van der Waals surface area contributed by atoms with Gasteiger partial charge >= 0.3 is 0 Å². The van der Waals surface area contributed by atoms with Crippen molar-refractivity contribution in [2.24, 2.45) is 5.92 Å². The Balaban J connectivity index is 1.56.